The molecule has 1 unspecified atom stereocenters. The van der Waals surface area contributed by atoms with Crippen molar-refractivity contribution in [3.63, 3.8) is 0 Å². The second-order valence-corrected chi connectivity index (χ2v) is 8.24. The molecule has 0 saturated heterocycles. The van der Waals surface area contributed by atoms with Crippen LogP contribution in [0.25, 0.3) is 0 Å². The number of ether oxygens (including phenoxy) is 1. The molecule has 0 aliphatic rings. The molecule has 0 saturated carbocycles. The Bertz CT molecular complexity index is 954. The minimum absolute atomic E-state index is 0.0807. The number of hydrogen-bond acceptors (Lipinski definition) is 4. The number of rotatable bonds is 9. The van der Waals surface area contributed by atoms with Gasteiger partial charge in [-0.3, -0.25) is 4.79 Å². The summed E-state index contributed by atoms with van der Waals surface area (Å²) in [6.07, 6.45) is 1.72. The molecule has 3 aromatic rings. The summed E-state index contributed by atoms with van der Waals surface area (Å²) in [5, 5.41) is 2.87. The van der Waals surface area contributed by atoms with E-state index < -0.39 is 0 Å². The van der Waals surface area contributed by atoms with Gasteiger partial charge >= 0.3 is 0 Å². The number of carbonyl (C=O) groups excluding carboxylic acids is 1. The lowest BCUT2D eigenvalue weighted by atomic mass is 10.1. The van der Waals surface area contributed by atoms with Crippen LogP contribution in [0.3, 0.4) is 0 Å². The van der Waals surface area contributed by atoms with Gasteiger partial charge in [-0.25, -0.2) is 9.37 Å². The molecule has 0 fully saturated rings. The average molecular weight is 427 g/mol. The summed E-state index contributed by atoms with van der Waals surface area (Å²) in [7, 11) is 1.65. The zero-order chi connectivity index (χ0) is 21.5. The van der Waals surface area contributed by atoms with Gasteiger partial charge in [-0.1, -0.05) is 24.3 Å². The highest BCUT2D eigenvalue weighted by Crippen LogP contribution is 2.18. The Balaban J connectivity index is 1.58. The third-order valence-electron chi connectivity index (χ3n) is 5.08. The maximum atomic E-state index is 13.1. The first kappa shape index (κ1) is 22.0. The zero-order valence-corrected chi connectivity index (χ0v) is 18.4. The standard InChI is InChI=1S/C24H27FN2O2S/c1-4-27(17(2)13-18-7-11-22(29-3)12-8-18)24(28)15-21-16-30-23(26-21)14-19-5-9-20(25)10-6-19/h5-12,16-17H,4,13-15H2,1-3H3. The molecule has 0 N–H and O–H groups in total. The van der Waals surface area contributed by atoms with Gasteiger partial charge in [-0.15, -0.1) is 11.3 Å². The number of likely N-dealkylation sites (N-methyl/N-ethyl adjacent to an activating group) is 1. The molecule has 1 atom stereocenters. The van der Waals surface area contributed by atoms with Crippen LogP contribution in [-0.4, -0.2) is 35.5 Å². The van der Waals surface area contributed by atoms with Crippen LogP contribution in [0.5, 0.6) is 5.75 Å². The molecule has 6 heteroatoms. The topological polar surface area (TPSA) is 42.4 Å². The first-order valence-electron chi connectivity index (χ1n) is 10.1. The Labute approximate surface area is 181 Å². The Kier molecular flexibility index (Phi) is 7.57. The van der Waals surface area contributed by atoms with E-state index in [4.69, 9.17) is 4.74 Å². The highest BCUT2D eigenvalue weighted by atomic mass is 32.1. The minimum atomic E-state index is -0.243. The van der Waals surface area contributed by atoms with Crippen molar-refractivity contribution >= 4 is 17.2 Å². The van der Waals surface area contributed by atoms with Gasteiger partial charge < -0.3 is 9.64 Å². The quantitative estimate of drug-likeness (QED) is 0.489. The normalized spacial score (nSPS) is 11.9. The number of amides is 1. The van der Waals surface area contributed by atoms with Crippen LogP contribution in [0.1, 0.15) is 35.7 Å². The lowest BCUT2D eigenvalue weighted by Gasteiger charge is -2.28. The molecular formula is C24H27FN2O2S. The van der Waals surface area contributed by atoms with Gasteiger partial charge in [0.2, 0.25) is 5.91 Å². The molecule has 2 aromatic carbocycles. The fourth-order valence-corrected chi connectivity index (χ4v) is 4.32. The molecule has 3 rings (SSSR count). The van der Waals surface area contributed by atoms with Crippen LogP contribution >= 0.6 is 11.3 Å². The maximum Gasteiger partial charge on any atom is 0.228 e. The van der Waals surface area contributed by atoms with E-state index in [0.29, 0.717) is 19.4 Å². The minimum Gasteiger partial charge on any atom is -0.497 e. The summed E-state index contributed by atoms with van der Waals surface area (Å²) in [5.74, 6) is 0.666. The molecule has 158 valence electrons. The van der Waals surface area contributed by atoms with Crippen molar-refractivity contribution < 1.29 is 13.9 Å². The molecule has 4 nitrogen and oxygen atoms in total. The molecule has 1 heterocycles. The van der Waals surface area contributed by atoms with E-state index in [1.165, 1.54) is 29.0 Å². The van der Waals surface area contributed by atoms with Crippen LogP contribution in [0, 0.1) is 5.82 Å². The number of halogens is 1. The van der Waals surface area contributed by atoms with Crippen LogP contribution in [0.4, 0.5) is 4.39 Å². The third kappa shape index (κ3) is 5.89. The van der Waals surface area contributed by atoms with E-state index in [9.17, 15) is 9.18 Å². The summed E-state index contributed by atoms with van der Waals surface area (Å²) in [5.41, 5.74) is 2.97. The fraction of sp³-hybridized carbons (Fsp3) is 0.333. The van der Waals surface area contributed by atoms with E-state index in [1.807, 2.05) is 41.5 Å². The van der Waals surface area contributed by atoms with Crippen molar-refractivity contribution in [1.29, 1.82) is 0 Å². The summed E-state index contributed by atoms with van der Waals surface area (Å²) >= 11 is 1.54. The van der Waals surface area contributed by atoms with E-state index >= 15 is 0 Å². The van der Waals surface area contributed by atoms with Crippen molar-refractivity contribution in [2.24, 2.45) is 0 Å². The molecular weight excluding hydrogens is 399 g/mol. The van der Waals surface area contributed by atoms with Crippen LogP contribution in [-0.2, 0) is 24.1 Å². The van der Waals surface area contributed by atoms with E-state index in [2.05, 4.69) is 11.9 Å². The monoisotopic (exact) mass is 426 g/mol. The SMILES string of the molecule is CCN(C(=O)Cc1csc(Cc2ccc(F)cc2)n1)C(C)Cc1ccc(OC)cc1. The number of carbonyl (C=O) groups is 1. The molecule has 1 amide bonds. The molecule has 0 bridgehead atoms. The molecule has 0 spiro atoms. The first-order valence-corrected chi connectivity index (χ1v) is 11.0. The van der Waals surface area contributed by atoms with Gasteiger partial charge in [-0.2, -0.15) is 0 Å². The Morgan fingerprint density at radius 1 is 1.13 bits per heavy atom. The summed E-state index contributed by atoms with van der Waals surface area (Å²) in [6, 6.07) is 14.5. The zero-order valence-electron chi connectivity index (χ0n) is 17.6. The Morgan fingerprint density at radius 2 is 1.80 bits per heavy atom. The number of aromatic nitrogens is 1. The van der Waals surface area contributed by atoms with Gasteiger partial charge in [0, 0.05) is 24.4 Å². The van der Waals surface area contributed by atoms with Gasteiger partial charge in [0.1, 0.15) is 11.6 Å². The Morgan fingerprint density at radius 3 is 2.43 bits per heavy atom. The summed E-state index contributed by atoms with van der Waals surface area (Å²) in [6.45, 7) is 4.73. The maximum absolute atomic E-state index is 13.1. The van der Waals surface area contributed by atoms with Gasteiger partial charge in [0.15, 0.2) is 0 Å². The number of benzene rings is 2. The average Bonchev–Trinajstić information content (AvgIpc) is 3.17. The van der Waals surface area contributed by atoms with Gasteiger partial charge in [-0.05, 0) is 55.7 Å². The number of thiazole rings is 1. The fourth-order valence-electron chi connectivity index (χ4n) is 3.49. The lowest BCUT2D eigenvalue weighted by Crippen LogP contribution is -2.40. The number of hydrogen-bond donors (Lipinski definition) is 0. The number of nitrogens with zero attached hydrogens (tertiary/aromatic N) is 2. The Hall–Kier alpha value is -2.73. The van der Waals surface area contributed by atoms with E-state index in [1.54, 1.807) is 19.2 Å². The van der Waals surface area contributed by atoms with E-state index in [-0.39, 0.29) is 17.8 Å². The molecule has 30 heavy (non-hydrogen) atoms. The van der Waals surface area contributed by atoms with Gasteiger partial charge in [0.05, 0.1) is 24.2 Å². The molecule has 0 radical (unpaired) electrons. The predicted octanol–water partition coefficient (Wildman–Crippen LogP) is 4.90. The summed E-state index contributed by atoms with van der Waals surface area (Å²) < 4.78 is 18.3. The predicted molar refractivity (Wildman–Crippen MR) is 119 cm³/mol. The van der Waals surface area contributed by atoms with E-state index in [0.717, 1.165) is 28.4 Å². The summed E-state index contributed by atoms with van der Waals surface area (Å²) in [4.78, 5) is 19.4. The van der Waals surface area contributed by atoms with Crippen molar-refractivity contribution in [1.82, 2.24) is 9.88 Å². The van der Waals surface area contributed by atoms with Crippen molar-refractivity contribution in [2.75, 3.05) is 13.7 Å². The molecule has 0 aliphatic carbocycles. The second kappa shape index (κ2) is 10.3. The second-order valence-electron chi connectivity index (χ2n) is 7.29. The highest BCUT2D eigenvalue weighted by Gasteiger charge is 2.20. The smallest absolute Gasteiger partial charge is 0.228 e. The van der Waals surface area contributed by atoms with Crippen LogP contribution in [0.2, 0.25) is 0 Å². The first-order chi connectivity index (χ1) is 14.5. The van der Waals surface area contributed by atoms with Crippen molar-refractivity contribution in [2.45, 2.75) is 39.2 Å². The highest BCUT2D eigenvalue weighted by molar-refractivity contribution is 7.09. The van der Waals surface area contributed by atoms with Gasteiger partial charge in [0.25, 0.3) is 0 Å². The van der Waals surface area contributed by atoms with Crippen LogP contribution in [0.15, 0.2) is 53.9 Å². The lowest BCUT2D eigenvalue weighted by molar-refractivity contribution is -0.132. The number of methoxy groups -OCH3 is 1. The molecule has 0 aliphatic heterocycles. The molecule has 1 aromatic heterocycles. The van der Waals surface area contributed by atoms with Crippen molar-refractivity contribution in [3.8, 4) is 5.75 Å². The van der Waals surface area contributed by atoms with Crippen molar-refractivity contribution in [3.05, 3.63) is 81.6 Å². The van der Waals surface area contributed by atoms with Crippen LogP contribution < -0.4 is 4.74 Å². The third-order valence-corrected chi connectivity index (χ3v) is 5.98. The largest absolute Gasteiger partial charge is 0.497 e.